The Kier molecular flexibility index (Phi) is 9.53. The van der Waals surface area contributed by atoms with Crippen molar-refractivity contribution in [3.8, 4) is 0 Å². The number of fused-ring (bicyclic) bond motifs is 1. The molecular formula is C30H41N5O3. The molecule has 2 saturated heterocycles. The highest BCUT2D eigenvalue weighted by atomic mass is 16.2. The SMILES string of the molecule is CCNCC1CCC2CCC(C(=O)NC(c3ccccc3)c3ccccc3)N2C(=O)C1NC(=O)[C@@H](N)CC. The Morgan fingerprint density at radius 2 is 1.55 bits per heavy atom. The van der Waals surface area contributed by atoms with E-state index in [0.717, 1.165) is 36.9 Å². The van der Waals surface area contributed by atoms with Gasteiger partial charge in [0.15, 0.2) is 0 Å². The van der Waals surface area contributed by atoms with Crippen LogP contribution in [0.25, 0.3) is 0 Å². The number of benzene rings is 2. The van der Waals surface area contributed by atoms with Crippen LogP contribution in [0.4, 0.5) is 0 Å². The van der Waals surface area contributed by atoms with Crippen LogP contribution >= 0.6 is 0 Å². The van der Waals surface area contributed by atoms with E-state index in [-0.39, 0.29) is 35.7 Å². The van der Waals surface area contributed by atoms with Gasteiger partial charge in [0.2, 0.25) is 17.7 Å². The van der Waals surface area contributed by atoms with Gasteiger partial charge in [-0.3, -0.25) is 14.4 Å². The molecular weight excluding hydrogens is 478 g/mol. The minimum atomic E-state index is -0.711. The maximum atomic E-state index is 14.1. The van der Waals surface area contributed by atoms with Gasteiger partial charge in [-0.1, -0.05) is 74.5 Å². The van der Waals surface area contributed by atoms with Gasteiger partial charge in [0.25, 0.3) is 0 Å². The molecule has 2 aliphatic rings. The molecule has 2 aromatic rings. The standard InChI is InChI=1S/C30H41N5O3/c1-3-24(31)28(36)34-27-22(19-32-4-2)15-16-23-17-18-25(35(23)30(27)38)29(37)33-26(20-11-7-5-8-12-20)21-13-9-6-10-14-21/h5-14,22-27,32H,3-4,15-19,31H2,1-2H3,(H,33,37)(H,34,36)/t22?,23?,24-,25?,27?/m0/s1. The average molecular weight is 520 g/mol. The molecule has 0 saturated carbocycles. The predicted octanol–water partition coefficient (Wildman–Crippen LogP) is 2.49. The topological polar surface area (TPSA) is 117 Å². The summed E-state index contributed by atoms with van der Waals surface area (Å²) in [5.41, 5.74) is 7.95. The number of rotatable bonds is 10. The summed E-state index contributed by atoms with van der Waals surface area (Å²) in [5, 5.41) is 9.54. The summed E-state index contributed by atoms with van der Waals surface area (Å²) < 4.78 is 0. The van der Waals surface area contributed by atoms with Gasteiger partial charge < -0.3 is 26.6 Å². The fourth-order valence-electron chi connectivity index (χ4n) is 5.76. The highest BCUT2D eigenvalue weighted by Crippen LogP contribution is 2.34. The minimum absolute atomic E-state index is 0.0176. The Hall–Kier alpha value is -3.23. The molecule has 38 heavy (non-hydrogen) atoms. The number of hydrogen-bond acceptors (Lipinski definition) is 5. The Morgan fingerprint density at radius 1 is 0.947 bits per heavy atom. The predicted molar refractivity (Wildman–Crippen MR) is 148 cm³/mol. The van der Waals surface area contributed by atoms with Gasteiger partial charge in [0.05, 0.1) is 12.1 Å². The number of nitrogens with two attached hydrogens (primary N) is 1. The summed E-state index contributed by atoms with van der Waals surface area (Å²) in [6, 6.07) is 17.4. The van der Waals surface area contributed by atoms with Crippen molar-refractivity contribution in [3.05, 3.63) is 71.8 Å². The van der Waals surface area contributed by atoms with E-state index in [0.29, 0.717) is 19.4 Å². The highest BCUT2D eigenvalue weighted by Gasteiger charge is 2.47. The van der Waals surface area contributed by atoms with Crippen molar-refractivity contribution >= 4 is 17.7 Å². The maximum Gasteiger partial charge on any atom is 0.246 e. The summed E-state index contributed by atoms with van der Waals surface area (Å²) in [6.45, 7) is 5.27. The molecule has 5 N–H and O–H groups in total. The van der Waals surface area contributed by atoms with Crippen LogP contribution in [0.5, 0.6) is 0 Å². The molecule has 2 fully saturated rings. The third kappa shape index (κ3) is 6.25. The lowest BCUT2D eigenvalue weighted by atomic mass is 9.92. The second-order valence-electron chi connectivity index (χ2n) is 10.4. The molecule has 2 heterocycles. The van der Waals surface area contributed by atoms with Crippen molar-refractivity contribution in [3.63, 3.8) is 0 Å². The number of hydrogen-bond donors (Lipinski definition) is 4. The molecule has 0 bridgehead atoms. The molecule has 4 unspecified atom stereocenters. The van der Waals surface area contributed by atoms with E-state index in [2.05, 4.69) is 16.0 Å². The highest BCUT2D eigenvalue weighted by molar-refractivity contribution is 5.94. The average Bonchev–Trinajstić information content (AvgIpc) is 3.34. The van der Waals surface area contributed by atoms with Gasteiger partial charge in [-0.25, -0.2) is 0 Å². The van der Waals surface area contributed by atoms with E-state index in [1.807, 2.05) is 74.5 Å². The van der Waals surface area contributed by atoms with Crippen LogP contribution in [0.2, 0.25) is 0 Å². The van der Waals surface area contributed by atoms with Crippen molar-refractivity contribution in [1.82, 2.24) is 20.9 Å². The number of carbonyl (C=O) groups excluding carboxylic acids is 3. The van der Waals surface area contributed by atoms with E-state index in [9.17, 15) is 14.4 Å². The van der Waals surface area contributed by atoms with Crippen molar-refractivity contribution in [2.45, 2.75) is 76.2 Å². The molecule has 5 atom stereocenters. The van der Waals surface area contributed by atoms with E-state index in [1.54, 1.807) is 4.90 Å². The van der Waals surface area contributed by atoms with Gasteiger partial charge in [-0.2, -0.15) is 0 Å². The van der Waals surface area contributed by atoms with Crippen LogP contribution in [0.3, 0.4) is 0 Å². The van der Waals surface area contributed by atoms with Crippen molar-refractivity contribution < 1.29 is 14.4 Å². The molecule has 2 aliphatic heterocycles. The molecule has 204 valence electrons. The number of amides is 3. The smallest absolute Gasteiger partial charge is 0.246 e. The molecule has 3 amide bonds. The van der Waals surface area contributed by atoms with Crippen molar-refractivity contribution in [1.29, 1.82) is 0 Å². The van der Waals surface area contributed by atoms with Crippen LogP contribution in [-0.4, -0.2) is 59.9 Å². The third-order valence-electron chi connectivity index (χ3n) is 7.95. The minimum Gasteiger partial charge on any atom is -0.343 e. The third-order valence-corrected chi connectivity index (χ3v) is 7.95. The Morgan fingerprint density at radius 3 is 2.13 bits per heavy atom. The molecule has 4 rings (SSSR count). The molecule has 8 heteroatoms. The first-order valence-electron chi connectivity index (χ1n) is 13.9. The second-order valence-corrected chi connectivity index (χ2v) is 10.4. The molecule has 0 aliphatic carbocycles. The van der Waals surface area contributed by atoms with Gasteiger partial charge in [-0.15, -0.1) is 0 Å². The van der Waals surface area contributed by atoms with Gasteiger partial charge in [0, 0.05) is 18.5 Å². The second kappa shape index (κ2) is 13.0. The zero-order chi connectivity index (χ0) is 27.1. The quantitative estimate of drug-likeness (QED) is 0.385. The zero-order valence-electron chi connectivity index (χ0n) is 22.4. The fourth-order valence-corrected chi connectivity index (χ4v) is 5.76. The van der Waals surface area contributed by atoms with E-state index in [4.69, 9.17) is 5.73 Å². The van der Waals surface area contributed by atoms with E-state index >= 15 is 0 Å². The first-order valence-corrected chi connectivity index (χ1v) is 13.9. The van der Waals surface area contributed by atoms with Crippen LogP contribution in [0.15, 0.2) is 60.7 Å². The Bertz CT molecular complexity index is 1040. The first-order chi connectivity index (χ1) is 18.4. The summed E-state index contributed by atoms with van der Waals surface area (Å²) in [7, 11) is 0. The summed E-state index contributed by atoms with van der Waals surface area (Å²) in [4.78, 5) is 42.4. The zero-order valence-corrected chi connectivity index (χ0v) is 22.4. The molecule has 8 nitrogen and oxygen atoms in total. The molecule has 0 spiro atoms. The van der Waals surface area contributed by atoms with Gasteiger partial charge >= 0.3 is 0 Å². The van der Waals surface area contributed by atoms with Crippen molar-refractivity contribution in [2.75, 3.05) is 13.1 Å². The molecule has 2 aromatic carbocycles. The monoisotopic (exact) mass is 519 g/mol. The number of nitrogens with zero attached hydrogens (tertiary/aromatic N) is 1. The van der Waals surface area contributed by atoms with Crippen LogP contribution in [0.1, 0.15) is 63.1 Å². The van der Waals surface area contributed by atoms with Crippen LogP contribution in [-0.2, 0) is 14.4 Å². The van der Waals surface area contributed by atoms with E-state index < -0.39 is 18.1 Å². The maximum absolute atomic E-state index is 14.1. The lowest BCUT2D eigenvalue weighted by Crippen LogP contribution is -2.59. The first kappa shape index (κ1) is 27.8. The summed E-state index contributed by atoms with van der Waals surface area (Å²) >= 11 is 0. The lowest BCUT2D eigenvalue weighted by Gasteiger charge is -2.33. The van der Waals surface area contributed by atoms with Crippen molar-refractivity contribution in [2.24, 2.45) is 11.7 Å². The van der Waals surface area contributed by atoms with Gasteiger partial charge in [-0.05, 0) is 49.8 Å². The summed E-state index contributed by atoms with van der Waals surface area (Å²) in [6.07, 6.45) is 3.46. The number of carbonyl (C=O) groups is 3. The van der Waals surface area contributed by atoms with Crippen LogP contribution < -0.4 is 21.7 Å². The normalized spacial score (nSPS) is 24.0. The summed E-state index contributed by atoms with van der Waals surface area (Å²) in [5.74, 6) is -0.731. The molecule has 0 aromatic heterocycles. The Labute approximate surface area is 225 Å². The number of nitrogens with one attached hydrogen (secondary N) is 3. The van der Waals surface area contributed by atoms with Crippen LogP contribution in [0, 0.1) is 5.92 Å². The molecule has 0 radical (unpaired) electrons. The fraction of sp³-hybridized carbons (Fsp3) is 0.500. The lowest BCUT2D eigenvalue weighted by molar-refractivity contribution is -0.143. The Balaban J connectivity index is 1.58. The van der Waals surface area contributed by atoms with E-state index in [1.165, 1.54) is 0 Å². The van der Waals surface area contributed by atoms with Gasteiger partial charge in [0.1, 0.15) is 12.1 Å². The largest absolute Gasteiger partial charge is 0.343 e.